The number of ether oxygens (including phenoxy) is 1. The first-order chi connectivity index (χ1) is 14.1. The Bertz CT molecular complexity index is 1000. The van der Waals surface area contributed by atoms with Gasteiger partial charge in [-0.2, -0.15) is 18.3 Å². The number of nitrogens with one attached hydrogen (secondary N) is 1. The number of nitrogens with two attached hydrogens (primary N) is 1. The fraction of sp³-hybridized carbons (Fsp3) is 0.529. The Morgan fingerprint density at radius 3 is 2.97 bits per heavy atom. The molecule has 1 fully saturated rings. The summed E-state index contributed by atoms with van der Waals surface area (Å²) >= 11 is 2.75. The van der Waals surface area contributed by atoms with Crippen LogP contribution in [0.5, 0.6) is 0 Å². The van der Waals surface area contributed by atoms with E-state index in [4.69, 9.17) is 10.5 Å². The zero-order valence-corrected chi connectivity index (χ0v) is 17.7. The van der Waals surface area contributed by atoms with Crippen LogP contribution >= 0.6 is 23.1 Å². The van der Waals surface area contributed by atoms with Gasteiger partial charge < -0.3 is 15.8 Å². The van der Waals surface area contributed by atoms with Gasteiger partial charge in [0.15, 0.2) is 10.9 Å². The molecule has 0 spiro atoms. The van der Waals surface area contributed by atoms with Crippen molar-refractivity contribution in [3.8, 4) is 0 Å². The molecule has 2 aliphatic heterocycles. The van der Waals surface area contributed by atoms with E-state index in [1.54, 1.807) is 5.38 Å². The number of hydrogen-bond acceptors (Lipinski definition) is 8. The molecular weight excluding hydrogens is 441 g/mol. The maximum Gasteiger partial charge on any atom is 0.435 e. The molecule has 8 nitrogen and oxygen atoms in total. The summed E-state index contributed by atoms with van der Waals surface area (Å²) in [6.07, 6.45) is -2.84. The quantitative estimate of drug-likeness (QED) is 0.730. The van der Waals surface area contributed by atoms with E-state index in [9.17, 15) is 18.0 Å². The predicted octanol–water partition coefficient (Wildman–Crippen LogP) is 2.83. The van der Waals surface area contributed by atoms with Crippen LogP contribution < -0.4 is 11.1 Å². The van der Waals surface area contributed by atoms with Crippen LogP contribution in [-0.2, 0) is 23.5 Å². The molecule has 4 heterocycles. The second-order valence-electron chi connectivity index (χ2n) is 7.29. The molecule has 3 N–H and O–H groups in total. The molecule has 13 heteroatoms. The van der Waals surface area contributed by atoms with Crippen LogP contribution in [0.1, 0.15) is 34.4 Å². The Kier molecular flexibility index (Phi) is 5.31. The first kappa shape index (κ1) is 21.1. The van der Waals surface area contributed by atoms with Crippen LogP contribution in [0, 0.1) is 5.92 Å². The number of rotatable bonds is 3. The zero-order chi connectivity index (χ0) is 21.7. The Labute approximate surface area is 178 Å². The van der Waals surface area contributed by atoms with Crippen molar-refractivity contribution in [2.45, 2.75) is 31.2 Å². The molecule has 1 amide bonds. The normalized spacial score (nSPS) is 26.8. The third-order valence-electron chi connectivity index (χ3n) is 5.08. The van der Waals surface area contributed by atoms with E-state index in [0.717, 1.165) is 23.1 Å². The fourth-order valence-corrected chi connectivity index (χ4v) is 5.63. The average Bonchev–Trinajstić information content (AvgIpc) is 3.29. The van der Waals surface area contributed by atoms with Crippen LogP contribution in [0.3, 0.4) is 0 Å². The number of carbonyl (C=O) groups is 1. The number of halogens is 3. The standard InChI is InChI=1S/C17H19F3N6O2S2/c1-8-3-9-5-30-15(21)24-16(9,7-28-8)14-23-11(6-29-14)22-13(27)10-4-26(2)25-12(10)17(18,19)20/h4,6,8-9H,3,5,7H2,1-2H3,(H2,21,24)(H,22,27). The summed E-state index contributed by atoms with van der Waals surface area (Å²) in [6, 6.07) is 0. The molecule has 3 unspecified atom stereocenters. The fourth-order valence-electron chi connectivity index (χ4n) is 3.66. The third-order valence-corrected chi connectivity index (χ3v) is 7.05. The summed E-state index contributed by atoms with van der Waals surface area (Å²) in [4.78, 5) is 21.6. The lowest BCUT2D eigenvalue weighted by molar-refractivity contribution is -0.141. The molecule has 2 aliphatic rings. The Balaban J connectivity index is 1.61. The lowest BCUT2D eigenvalue weighted by Crippen LogP contribution is -2.49. The van der Waals surface area contributed by atoms with Gasteiger partial charge in [0.2, 0.25) is 0 Å². The highest BCUT2D eigenvalue weighted by atomic mass is 32.2. The van der Waals surface area contributed by atoms with Gasteiger partial charge in [-0.25, -0.2) is 9.98 Å². The number of fused-ring (bicyclic) bond motifs is 1. The van der Waals surface area contributed by atoms with Crippen molar-refractivity contribution in [2.24, 2.45) is 23.7 Å². The van der Waals surface area contributed by atoms with E-state index in [0.29, 0.717) is 16.8 Å². The van der Waals surface area contributed by atoms with Crippen molar-refractivity contribution < 1.29 is 22.7 Å². The maximum absolute atomic E-state index is 13.1. The summed E-state index contributed by atoms with van der Waals surface area (Å²) in [5.74, 6) is 0.144. The number of carbonyl (C=O) groups excluding carboxylic acids is 1. The minimum Gasteiger partial charge on any atom is -0.379 e. The van der Waals surface area contributed by atoms with E-state index in [1.165, 1.54) is 30.1 Å². The second kappa shape index (κ2) is 7.54. The van der Waals surface area contributed by atoms with E-state index in [-0.39, 0.29) is 17.8 Å². The van der Waals surface area contributed by atoms with Gasteiger partial charge in [-0.3, -0.25) is 9.48 Å². The van der Waals surface area contributed by atoms with Crippen molar-refractivity contribution in [3.63, 3.8) is 0 Å². The lowest BCUT2D eigenvalue weighted by Gasteiger charge is -2.44. The molecule has 3 atom stereocenters. The molecule has 0 aliphatic carbocycles. The van der Waals surface area contributed by atoms with E-state index < -0.39 is 28.9 Å². The first-order valence-corrected chi connectivity index (χ1v) is 10.9. The van der Waals surface area contributed by atoms with Gasteiger partial charge in [-0.05, 0) is 13.3 Å². The molecule has 2 aromatic heterocycles. The summed E-state index contributed by atoms with van der Waals surface area (Å²) < 4.78 is 46.2. The smallest absolute Gasteiger partial charge is 0.379 e. The summed E-state index contributed by atoms with van der Waals surface area (Å²) in [5.41, 5.74) is 3.41. The summed E-state index contributed by atoms with van der Waals surface area (Å²) in [7, 11) is 1.32. The SMILES string of the molecule is CC1CC2CSC(N)=NC2(c2nc(NC(=O)c3cn(C)nc3C(F)(F)F)cs2)CO1. The highest BCUT2D eigenvalue weighted by molar-refractivity contribution is 8.13. The molecular formula is C17H19F3N6O2S2. The number of thiazole rings is 1. The number of thioether (sulfide) groups is 1. The van der Waals surface area contributed by atoms with Crippen molar-refractivity contribution in [1.82, 2.24) is 14.8 Å². The van der Waals surface area contributed by atoms with Gasteiger partial charge in [-0.1, -0.05) is 11.8 Å². The molecule has 0 saturated carbocycles. The van der Waals surface area contributed by atoms with Gasteiger partial charge in [-0.15, -0.1) is 11.3 Å². The molecule has 1 saturated heterocycles. The molecule has 30 heavy (non-hydrogen) atoms. The second-order valence-corrected chi connectivity index (χ2v) is 9.19. The van der Waals surface area contributed by atoms with Crippen LogP contribution in [-0.4, -0.2) is 44.3 Å². The largest absolute Gasteiger partial charge is 0.435 e. The van der Waals surface area contributed by atoms with Crippen molar-refractivity contribution >= 4 is 40.0 Å². The van der Waals surface area contributed by atoms with E-state index in [2.05, 4.69) is 20.4 Å². The van der Waals surface area contributed by atoms with Gasteiger partial charge in [0.25, 0.3) is 5.91 Å². The number of anilines is 1. The molecule has 0 bridgehead atoms. The number of aromatic nitrogens is 3. The predicted molar refractivity (Wildman–Crippen MR) is 108 cm³/mol. The van der Waals surface area contributed by atoms with Crippen molar-refractivity contribution in [2.75, 3.05) is 17.7 Å². The molecule has 162 valence electrons. The van der Waals surface area contributed by atoms with E-state index >= 15 is 0 Å². The lowest BCUT2D eigenvalue weighted by atomic mass is 9.80. The Morgan fingerprint density at radius 1 is 1.47 bits per heavy atom. The maximum atomic E-state index is 13.1. The monoisotopic (exact) mass is 460 g/mol. The molecule has 2 aromatic rings. The van der Waals surface area contributed by atoms with Gasteiger partial charge in [0, 0.05) is 30.3 Å². The van der Waals surface area contributed by atoms with Crippen LogP contribution in [0.25, 0.3) is 0 Å². The summed E-state index contributed by atoms with van der Waals surface area (Å²) in [6.45, 7) is 2.30. The number of aryl methyl sites for hydroxylation is 1. The number of amides is 1. The number of amidine groups is 1. The number of alkyl halides is 3. The third kappa shape index (κ3) is 3.81. The molecule has 0 radical (unpaired) electrons. The first-order valence-electron chi connectivity index (χ1n) is 9.06. The van der Waals surface area contributed by atoms with Crippen molar-refractivity contribution in [3.05, 3.63) is 27.8 Å². The minimum absolute atomic E-state index is 0.0868. The molecule has 0 aromatic carbocycles. The Hall–Kier alpha value is -2.12. The van der Waals surface area contributed by atoms with Gasteiger partial charge in [0.05, 0.1) is 18.3 Å². The highest BCUT2D eigenvalue weighted by Crippen LogP contribution is 2.47. The Morgan fingerprint density at radius 2 is 2.23 bits per heavy atom. The van der Waals surface area contributed by atoms with Crippen LogP contribution in [0.15, 0.2) is 16.6 Å². The molecule has 4 rings (SSSR count). The average molecular weight is 461 g/mol. The number of nitrogens with zero attached hydrogens (tertiary/aromatic N) is 4. The zero-order valence-electron chi connectivity index (χ0n) is 16.1. The topological polar surface area (TPSA) is 107 Å². The highest BCUT2D eigenvalue weighted by Gasteiger charge is 2.49. The summed E-state index contributed by atoms with van der Waals surface area (Å²) in [5, 5.41) is 8.42. The number of aliphatic imine (C=N–C) groups is 1. The van der Waals surface area contributed by atoms with Crippen molar-refractivity contribution in [1.29, 1.82) is 0 Å². The van der Waals surface area contributed by atoms with E-state index in [1.807, 2.05) is 6.92 Å². The van der Waals surface area contributed by atoms with Gasteiger partial charge >= 0.3 is 6.18 Å². The van der Waals surface area contributed by atoms with Crippen LogP contribution in [0.4, 0.5) is 19.0 Å². The van der Waals surface area contributed by atoms with Crippen LogP contribution in [0.2, 0.25) is 0 Å². The van der Waals surface area contributed by atoms with Gasteiger partial charge in [0.1, 0.15) is 16.4 Å². The minimum atomic E-state index is -4.74. The number of hydrogen-bond donors (Lipinski definition) is 2.